The molecule has 6 aliphatic rings. The Morgan fingerprint density at radius 3 is 2.22 bits per heavy atom. The largest absolute Gasteiger partial charge is 0.394 e. The van der Waals surface area contributed by atoms with Gasteiger partial charge < -0.3 is 64.5 Å². The maximum absolute atomic E-state index is 12.6. The van der Waals surface area contributed by atoms with Gasteiger partial charge in [0, 0.05) is 19.4 Å². The zero-order valence-electron chi connectivity index (χ0n) is 31.0. The van der Waals surface area contributed by atoms with Crippen LogP contribution in [0.15, 0.2) is 12.2 Å². The van der Waals surface area contributed by atoms with Crippen molar-refractivity contribution in [2.45, 2.75) is 159 Å². The number of methoxy groups -OCH3 is 1. The first-order valence-electron chi connectivity index (χ1n) is 19.2. The predicted octanol–water partition coefficient (Wildman–Crippen LogP) is 0.853. The predicted molar refractivity (Wildman–Crippen MR) is 183 cm³/mol. The lowest BCUT2D eigenvalue weighted by Crippen LogP contribution is -2.68. The van der Waals surface area contributed by atoms with Crippen molar-refractivity contribution in [2.75, 3.05) is 20.3 Å². The normalized spacial score (nSPS) is 52.8. The molecule has 0 spiro atoms. The molecule has 4 saturated carbocycles. The van der Waals surface area contributed by atoms with E-state index in [1.54, 1.807) is 0 Å². The quantitative estimate of drug-likeness (QED) is 0.147. The Kier molecular flexibility index (Phi) is 11.8. The van der Waals surface area contributed by atoms with Gasteiger partial charge in [0.2, 0.25) is 0 Å². The molecule has 0 amide bonds. The molecular formula is C38H64O13. The molecule has 0 aromatic heterocycles. The van der Waals surface area contributed by atoms with E-state index in [1.807, 2.05) is 19.9 Å². The lowest BCUT2D eigenvalue weighted by atomic mass is 9.42. The number of rotatable bonds is 10. The van der Waals surface area contributed by atoms with E-state index in [9.17, 15) is 40.9 Å². The summed E-state index contributed by atoms with van der Waals surface area (Å²) in [5.74, 6) is -0.498. The Labute approximate surface area is 301 Å². The fourth-order valence-corrected chi connectivity index (χ4v) is 11.7. The highest BCUT2D eigenvalue weighted by atomic mass is 16.8. The smallest absolute Gasteiger partial charge is 0.187 e. The number of ether oxygens (including phenoxy) is 5. The molecule has 2 saturated heterocycles. The Morgan fingerprint density at radius 1 is 0.843 bits per heavy atom. The van der Waals surface area contributed by atoms with Gasteiger partial charge in [0.1, 0.15) is 36.6 Å². The molecule has 51 heavy (non-hydrogen) atoms. The molecule has 0 bridgehead atoms. The van der Waals surface area contributed by atoms with Crippen LogP contribution in [0.3, 0.4) is 0 Å². The maximum atomic E-state index is 12.6. The topological polar surface area (TPSA) is 208 Å². The van der Waals surface area contributed by atoms with Gasteiger partial charge in [0.05, 0.1) is 43.2 Å². The van der Waals surface area contributed by atoms with E-state index in [2.05, 4.69) is 26.8 Å². The fraction of sp³-hybridized carbons (Fsp3) is 0.947. The van der Waals surface area contributed by atoms with Crippen molar-refractivity contribution in [1.29, 1.82) is 0 Å². The molecule has 2 heterocycles. The Bertz CT molecular complexity index is 1220. The minimum Gasteiger partial charge on any atom is -0.394 e. The molecule has 0 radical (unpaired) electrons. The van der Waals surface area contributed by atoms with E-state index in [1.165, 1.54) is 7.11 Å². The average Bonchev–Trinajstić information content (AvgIpc) is 3.53. The summed E-state index contributed by atoms with van der Waals surface area (Å²) in [5, 5.41) is 87.6. The van der Waals surface area contributed by atoms with Gasteiger partial charge in [-0.1, -0.05) is 46.8 Å². The summed E-state index contributed by atoms with van der Waals surface area (Å²) in [4.78, 5) is 0. The van der Waals surface area contributed by atoms with E-state index in [0.717, 1.165) is 19.3 Å². The zero-order valence-corrected chi connectivity index (χ0v) is 31.0. The molecule has 0 aromatic carbocycles. The molecule has 4 aliphatic carbocycles. The Balaban J connectivity index is 1.17. The van der Waals surface area contributed by atoms with Crippen LogP contribution >= 0.6 is 0 Å². The van der Waals surface area contributed by atoms with Crippen molar-refractivity contribution in [1.82, 2.24) is 0 Å². The average molecular weight is 729 g/mol. The van der Waals surface area contributed by atoms with Gasteiger partial charge in [-0.25, -0.2) is 0 Å². The molecular weight excluding hydrogens is 664 g/mol. The van der Waals surface area contributed by atoms with Crippen LogP contribution in [0.5, 0.6) is 0 Å². The molecule has 20 atom stereocenters. The second kappa shape index (κ2) is 15.0. The zero-order chi connectivity index (χ0) is 37.2. The number of hydrogen-bond acceptors (Lipinski definition) is 13. The van der Waals surface area contributed by atoms with Crippen LogP contribution in [0.4, 0.5) is 0 Å². The van der Waals surface area contributed by atoms with Crippen molar-refractivity contribution in [3.8, 4) is 0 Å². The van der Waals surface area contributed by atoms with Crippen LogP contribution in [-0.4, -0.2) is 140 Å². The third-order valence-corrected chi connectivity index (χ3v) is 14.4. The monoisotopic (exact) mass is 728 g/mol. The minimum atomic E-state index is -1.27. The first-order valence-corrected chi connectivity index (χ1v) is 19.2. The molecule has 13 heteroatoms. The van der Waals surface area contributed by atoms with Gasteiger partial charge in [-0.2, -0.15) is 0 Å². The molecule has 11 unspecified atom stereocenters. The van der Waals surface area contributed by atoms with Crippen molar-refractivity contribution in [3.05, 3.63) is 12.2 Å². The van der Waals surface area contributed by atoms with Gasteiger partial charge in [-0.15, -0.1) is 0 Å². The first-order chi connectivity index (χ1) is 24.0. The summed E-state index contributed by atoms with van der Waals surface area (Å²) in [6.07, 6.45) is -3.03. The highest BCUT2D eigenvalue weighted by Gasteiger charge is 2.70. The molecule has 2 aliphatic heterocycles. The lowest BCUT2D eigenvalue weighted by molar-refractivity contribution is -0.309. The first kappa shape index (κ1) is 39.9. The van der Waals surface area contributed by atoms with Gasteiger partial charge in [0.25, 0.3) is 0 Å². The number of hydrogen-bond donors (Lipinski definition) is 8. The number of aliphatic hydroxyl groups is 8. The standard InChI is InChI=1S/C38H64O13/c1-18(2)26(49-35-32(30(45)27(16-39)50-35)51-34-31(47-6)29(44)25(43)17-48-34)8-7-19(3)21-14-23(41)33-37(21,5)12-10-28-36(4)11-9-20(40)13-22(36)24(42)15-38(28,33)46/h7-8,18-35,39-46H,9-17H2,1-6H3/b8-7+/t19-,20+,21-,22?,23-,24+,25?,26+,27?,28?,29?,30?,31?,32?,33?,34?,35?,36+,37-,38+/m1/s1. The van der Waals surface area contributed by atoms with Crippen molar-refractivity contribution >= 4 is 0 Å². The second-order valence-electron chi connectivity index (χ2n) is 17.7. The van der Waals surface area contributed by atoms with Crippen LogP contribution in [-0.2, 0) is 23.7 Å². The van der Waals surface area contributed by atoms with Crippen LogP contribution < -0.4 is 0 Å². The number of allylic oxidation sites excluding steroid dienone is 1. The molecule has 6 rings (SSSR count). The fourth-order valence-electron chi connectivity index (χ4n) is 11.7. The summed E-state index contributed by atoms with van der Waals surface area (Å²) in [5.41, 5.74) is -1.89. The van der Waals surface area contributed by atoms with Crippen LogP contribution in [0.2, 0.25) is 0 Å². The maximum Gasteiger partial charge on any atom is 0.187 e. The molecule has 0 aromatic rings. The van der Waals surface area contributed by atoms with E-state index >= 15 is 0 Å². The SMILES string of the molecule is COC1C(OC2C(O[C@@H](/C=C/[C@@H](C)[C@H]3C[C@@H](O)C4[C@]5(O)C[C@H](O)C6C[C@@H](O)CC[C@]6(C)C5CC[C@@]43C)C(C)C)OC(CO)C2O)OCC(O)C1O. The number of fused-ring (bicyclic) bond motifs is 5. The summed E-state index contributed by atoms with van der Waals surface area (Å²) >= 11 is 0. The van der Waals surface area contributed by atoms with Crippen molar-refractivity contribution in [3.63, 3.8) is 0 Å². The van der Waals surface area contributed by atoms with Crippen LogP contribution in [0.1, 0.15) is 79.6 Å². The second-order valence-corrected chi connectivity index (χ2v) is 17.7. The Morgan fingerprint density at radius 2 is 1.55 bits per heavy atom. The van der Waals surface area contributed by atoms with Gasteiger partial charge in [0.15, 0.2) is 12.6 Å². The summed E-state index contributed by atoms with van der Waals surface area (Å²) in [7, 11) is 1.35. The van der Waals surface area contributed by atoms with E-state index in [-0.39, 0.29) is 59.4 Å². The van der Waals surface area contributed by atoms with Crippen molar-refractivity contribution in [2.24, 2.45) is 46.3 Å². The third-order valence-electron chi connectivity index (χ3n) is 14.4. The summed E-state index contributed by atoms with van der Waals surface area (Å²) < 4.78 is 29.4. The van der Waals surface area contributed by atoms with E-state index < -0.39 is 85.8 Å². The van der Waals surface area contributed by atoms with Gasteiger partial charge in [-0.3, -0.25) is 0 Å². The summed E-state index contributed by atoms with van der Waals surface area (Å²) in [6.45, 7) is 9.81. The lowest BCUT2D eigenvalue weighted by Gasteiger charge is -2.66. The third kappa shape index (κ3) is 6.89. The highest BCUT2D eigenvalue weighted by Crippen LogP contribution is 2.69. The number of aliphatic hydroxyl groups excluding tert-OH is 7. The molecule has 8 N–H and O–H groups in total. The van der Waals surface area contributed by atoms with Gasteiger partial charge >= 0.3 is 0 Å². The molecule has 13 nitrogen and oxygen atoms in total. The highest BCUT2D eigenvalue weighted by molar-refractivity contribution is 5.21. The summed E-state index contributed by atoms with van der Waals surface area (Å²) in [6, 6.07) is 0. The van der Waals surface area contributed by atoms with Crippen LogP contribution in [0.25, 0.3) is 0 Å². The molecule has 294 valence electrons. The van der Waals surface area contributed by atoms with Gasteiger partial charge in [-0.05, 0) is 78.9 Å². The Hall–Kier alpha value is -0.780. The van der Waals surface area contributed by atoms with Crippen molar-refractivity contribution < 1.29 is 64.5 Å². The van der Waals surface area contributed by atoms with E-state index in [4.69, 9.17) is 23.7 Å². The minimum absolute atomic E-state index is 0.000309. The van der Waals surface area contributed by atoms with Crippen LogP contribution in [0, 0.1) is 46.3 Å². The van der Waals surface area contributed by atoms with E-state index in [0.29, 0.717) is 19.3 Å². The molecule has 6 fully saturated rings.